The molecule has 0 saturated carbocycles. The summed E-state index contributed by atoms with van der Waals surface area (Å²) in [7, 11) is 0. The number of nitro groups is 1. The third-order valence-electron chi connectivity index (χ3n) is 2.86. The van der Waals surface area contributed by atoms with Crippen molar-refractivity contribution in [2.24, 2.45) is 0 Å². The summed E-state index contributed by atoms with van der Waals surface area (Å²) in [5.74, 6) is -0.347. The molecule has 4 nitrogen and oxygen atoms in total. The molecule has 3 aromatic rings. The highest BCUT2D eigenvalue weighted by Crippen LogP contribution is 2.42. The van der Waals surface area contributed by atoms with E-state index in [-0.39, 0.29) is 10.8 Å². The average Bonchev–Trinajstić information content (AvgIpc) is 2.81. The van der Waals surface area contributed by atoms with Gasteiger partial charge in [0.05, 0.1) is 4.92 Å². The second-order valence-corrected chi connectivity index (χ2v) is 5.20. The van der Waals surface area contributed by atoms with Crippen molar-refractivity contribution >= 4 is 37.8 Å². The summed E-state index contributed by atoms with van der Waals surface area (Å²) in [5.41, 5.74) is 1.06. The lowest BCUT2D eigenvalue weighted by Crippen LogP contribution is -1.93. The molecule has 0 atom stereocenters. The van der Waals surface area contributed by atoms with Gasteiger partial charge in [-0.2, -0.15) is 0 Å². The summed E-state index contributed by atoms with van der Waals surface area (Å²) >= 11 is 1.12. The topological polar surface area (TPSA) is 55.2 Å². The van der Waals surface area contributed by atoms with Gasteiger partial charge in [0.1, 0.15) is 11.5 Å². The lowest BCUT2D eigenvalue weighted by atomic mass is 10.2. The number of thiophene rings is 1. The lowest BCUT2D eigenvalue weighted by Gasteiger charge is -2.04. The molecule has 0 unspecified atom stereocenters. The third-order valence-corrected chi connectivity index (χ3v) is 3.98. The maximum absolute atomic E-state index is 12.9. The highest BCUT2D eigenvalue weighted by molar-refractivity contribution is 7.23. The molecule has 0 spiro atoms. The number of halogens is 1. The van der Waals surface area contributed by atoms with Crippen molar-refractivity contribution in [3.8, 4) is 0 Å². The van der Waals surface area contributed by atoms with E-state index in [4.69, 9.17) is 0 Å². The molecule has 0 amide bonds. The van der Waals surface area contributed by atoms with Crippen LogP contribution in [0.25, 0.3) is 10.1 Å². The van der Waals surface area contributed by atoms with Crippen LogP contribution in [0.3, 0.4) is 0 Å². The van der Waals surface area contributed by atoms with Crippen LogP contribution in [0.4, 0.5) is 20.8 Å². The molecule has 6 heteroatoms. The fourth-order valence-electron chi connectivity index (χ4n) is 1.96. The molecule has 0 aliphatic rings. The van der Waals surface area contributed by atoms with Crippen molar-refractivity contribution in [2.75, 3.05) is 5.32 Å². The lowest BCUT2D eigenvalue weighted by molar-refractivity contribution is -0.379. The van der Waals surface area contributed by atoms with Crippen LogP contribution in [0.2, 0.25) is 0 Å². The zero-order valence-electron chi connectivity index (χ0n) is 10.2. The van der Waals surface area contributed by atoms with Crippen LogP contribution in [0.15, 0.2) is 48.5 Å². The van der Waals surface area contributed by atoms with Gasteiger partial charge < -0.3 is 5.32 Å². The van der Waals surface area contributed by atoms with E-state index in [1.165, 1.54) is 12.1 Å². The van der Waals surface area contributed by atoms with E-state index >= 15 is 0 Å². The zero-order chi connectivity index (χ0) is 14.1. The van der Waals surface area contributed by atoms with E-state index in [0.29, 0.717) is 11.4 Å². The van der Waals surface area contributed by atoms with Crippen LogP contribution in [0.1, 0.15) is 0 Å². The predicted molar refractivity (Wildman–Crippen MR) is 78.2 cm³/mol. The van der Waals surface area contributed by atoms with E-state index in [1.54, 1.807) is 12.1 Å². The van der Waals surface area contributed by atoms with E-state index < -0.39 is 4.92 Å². The first kappa shape index (κ1) is 12.6. The molecule has 0 aliphatic heterocycles. The van der Waals surface area contributed by atoms with Crippen molar-refractivity contribution in [1.29, 1.82) is 0 Å². The molecule has 0 bridgehead atoms. The van der Waals surface area contributed by atoms with Crippen molar-refractivity contribution in [1.82, 2.24) is 0 Å². The third kappa shape index (κ3) is 2.21. The van der Waals surface area contributed by atoms with Gasteiger partial charge >= 0.3 is 5.00 Å². The van der Waals surface area contributed by atoms with E-state index in [1.807, 2.05) is 24.3 Å². The van der Waals surface area contributed by atoms with Crippen LogP contribution in [0.5, 0.6) is 0 Å². The number of anilines is 2. The second kappa shape index (κ2) is 4.90. The van der Waals surface area contributed by atoms with Crippen LogP contribution >= 0.6 is 11.3 Å². The Morgan fingerprint density at radius 3 is 2.50 bits per heavy atom. The normalized spacial score (nSPS) is 10.7. The fraction of sp³-hybridized carbons (Fsp3) is 0. The van der Waals surface area contributed by atoms with Crippen LogP contribution in [-0.2, 0) is 0 Å². The smallest absolute Gasteiger partial charge is 0.348 e. The number of hydrogen-bond donors (Lipinski definition) is 1. The Hall–Kier alpha value is -2.47. The molecule has 0 saturated heterocycles. The Bertz CT molecular complexity index is 783. The summed E-state index contributed by atoms with van der Waals surface area (Å²) in [4.78, 5) is 10.7. The van der Waals surface area contributed by atoms with Gasteiger partial charge in [0.2, 0.25) is 0 Å². The van der Waals surface area contributed by atoms with Crippen LogP contribution < -0.4 is 5.32 Å². The first-order valence-electron chi connectivity index (χ1n) is 5.83. The largest absolute Gasteiger partial charge is 0.349 e. The van der Waals surface area contributed by atoms with Gasteiger partial charge in [-0.25, -0.2) is 4.39 Å². The SMILES string of the molecule is O=[N+]([O-])c1sc2ccccc2c1Nc1ccc(F)cc1. The molecule has 1 heterocycles. The average molecular weight is 288 g/mol. The minimum atomic E-state index is -0.406. The molecule has 1 N–H and O–H groups in total. The van der Waals surface area contributed by atoms with E-state index in [9.17, 15) is 14.5 Å². The molecule has 2 aromatic carbocycles. The predicted octanol–water partition coefficient (Wildman–Crippen LogP) is 4.69. The molecule has 20 heavy (non-hydrogen) atoms. The Morgan fingerprint density at radius 1 is 1.10 bits per heavy atom. The fourth-order valence-corrected chi connectivity index (χ4v) is 2.93. The minimum absolute atomic E-state index is 0.0514. The highest BCUT2D eigenvalue weighted by Gasteiger charge is 2.21. The first-order chi connectivity index (χ1) is 9.65. The standard InChI is InChI=1S/C14H9FN2O2S/c15-9-5-7-10(8-6-9)16-13-11-3-1-2-4-12(11)20-14(13)17(18)19/h1-8,16H. The minimum Gasteiger partial charge on any atom is -0.349 e. The van der Waals surface area contributed by atoms with E-state index in [2.05, 4.69) is 5.32 Å². The van der Waals surface area contributed by atoms with Crippen molar-refractivity contribution in [2.45, 2.75) is 0 Å². The van der Waals surface area contributed by atoms with Crippen molar-refractivity contribution in [3.63, 3.8) is 0 Å². The number of nitrogens with zero attached hydrogens (tertiary/aromatic N) is 1. The zero-order valence-corrected chi connectivity index (χ0v) is 11.0. The van der Waals surface area contributed by atoms with Crippen LogP contribution in [0, 0.1) is 15.9 Å². The summed E-state index contributed by atoms with van der Waals surface area (Å²) in [5, 5.41) is 15.0. The summed E-state index contributed by atoms with van der Waals surface area (Å²) in [6.07, 6.45) is 0. The van der Waals surface area contributed by atoms with Gasteiger partial charge in [-0.15, -0.1) is 0 Å². The van der Waals surface area contributed by atoms with Gasteiger partial charge in [0.15, 0.2) is 0 Å². The molecule has 0 aliphatic carbocycles. The summed E-state index contributed by atoms with van der Waals surface area (Å²) in [6, 6.07) is 13.0. The Balaban J connectivity index is 2.11. The van der Waals surface area contributed by atoms with Crippen molar-refractivity contribution < 1.29 is 9.31 Å². The molecule has 1 aromatic heterocycles. The molecule has 100 valence electrons. The Morgan fingerprint density at radius 2 is 1.80 bits per heavy atom. The van der Waals surface area contributed by atoms with Gasteiger partial charge in [0.25, 0.3) is 0 Å². The number of rotatable bonds is 3. The first-order valence-corrected chi connectivity index (χ1v) is 6.65. The quantitative estimate of drug-likeness (QED) is 0.561. The Labute approximate surface area is 117 Å². The number of benzene rings is 2. The Kier molecular flexibility index (Phi) is 3.08. The number of nitrogens with one attached hydrogen (secondary N) is 1. The van der Waals surface area contributed by atoms with E-state index in [0.717, 1.165) is 21.4 Å². The van der Waals surface area contributed by atoms with Gasteiger partial charge in [-0.3, -0.25) is 10.1 Å². The molecular weight excluding hydrogens is 279 g/mol. The molecule has 3 rings (SSSR count). The number of hydrogen-bond acceptors (Lipinski definition) is 4. The van der Waals surface area contributed by atoms with Gasteiger partial charge in [0, 0.05) is 15.8 Å². The van der Waals surface area contributed by atoms with Gasteiger partial charge in [-0.1, -0.05) is 29.5 Å². The second-order valence-electron chi connectivity index (χ2n) is 4.17. The number of fused-ring (bicyclic) bond motifs is 1. The van der Waals surface area contributed by atoms with Gasteiger partial charge in [-0.05, 0) is 30.3 Å². The molecular formula is C14H9FN2O2S. The highest BCUT2D eigenvalue weighted by atomic mass is 32.1. The summed E-state index contributed by atoms with van der Waals surface area (Å²) in [6.45, 7) is 0. The molecule has 0 radical (unpaired) electrons. The molecule has 0 fully saturated rings. The van der Waals surface area contributed by atoms with Crippen LogP contribution in [-0.4, -0.2) is 4.92 Å². The van der Waals surface area contributed by atoms with Crippen molar-refractivity contribution in [3.05, 3.63) is 64.5 Å². The summed E-state index contributed by atoms with van der Waals surface area (Å²) < 4.78 is 13.7. The maximum atomic E-state index is 12.9. The maximum Gasteiger partial charge on any atom is 0.348 e. The monoisotopic (exact) mass is 288 g/mol.